The fourth-order valence-corrected chi connectivity index (χ4v) is 2.40. The molecule has 104 valence electrons. The first-order valence-corrected chi connectivity index (χ1v) is 7.52. The van der Waals surface area contributed by atoms with E-state index in [4.69, 9.17) is 0 Å². The van der Waals surface area contributed by atoms with E-state index in [-0.39, 0.29) is 0 Å². The van der Waals surface area contributed by atoms with Crippen LogP contribution in [0.4, 0.5) is 0 Å². The summed E-state index contributed by atoms with van der Waals surface area (Å²) in [4.78, 5) is 2.31. The Kier molecular flexibility index (Phi) is 11.0. The summed E-state index contributed by atoms with van der Waals surface area (Å²) in [6.07, 6.45) is 8.03. The van der Waals surface area contributed by atoms with Crippen molar-refractivity contribution < 1.29 is 0 Å². The third kappa shape index (κ3) is 9.61. The molecular weight excluding hydrogens is 208 g/mol. The van der Waals surface area contributed by atoms with Gasteiger partial charge in [-0.2, -0.15) is 0 Å². The van der Waals surface area contributed by atoms with Gasteiger partial charge in [0.2, 0.25) is 0 Å². The molecule has 1 N–H and O–H groups in total. The summed E-state index contributed by atoms with van der Waals surface area (Å²) in [5.74, 6) is 0.907. The van der Waals surface area contributed by atoms with Gasteiger partial charge in [-0.15, -0.1) is 0 Å². The van der Waals surface area contributed by atoms with Crippen LogP contribution in [0.25, 0.3) is 0 Å². The lowest BCUT2D eigenvalue weighted by Gasteiger charge is -2.26. The average molecular weight is 242 g/mol. The van der Waals surface area contributed by atoms with Gasteiger partial charge < -0.3 is 10.2 Å². The van der Waals surface area contributed by atoms with Crippen molar-refractivity contribution in [3.8, 4) is 0 Å². The molecule has 0 spiro atoms. The monoisotopic (exact) mass is 242 g/mol. The molecule has 0 fully saturated rings. The van der Waals surface area contributed by atoms with E-state index in [0.717, 1.165) is 12.5 Å². The first-order valence-electron chi connectivity index (χ1n) is 7.52. The van der Waals surface area contributed by atoms with Gasteiger partial charge in [0, 0.05) is 12.6 Å². The molecule has 0 bridgehead atoms. The normalized spacial score (nSPS) is 15.2. The highest BCUT2D eigenvalue weighted by atomic mass is 15.1. The van der Waals surface area contributed by atoms with Gasteiger partial charge in [0.1, 0.15) is 0 Å². The Labute approximate surface area is 109 Å². The van der Waals surface area contributed by atoms with Crippen LogP contribution in [-0.4, -0.2) is 38.1 Å². The molecule has 2 nitrogen and oxygen atoms in total. The molecule has 0 amide bonds. The minimum Gasteiger partial charge on any atom is -0.313 e. The molecule has 2 unspecified atom stereocenters. The second-order valence-electron chi connectivity index (χ2n) is 5.57. The smallest absolute Gasteiger partial charge is 0.0197 e. The maximum absolute atomic E-state index is 3.70. The van der Waals surface area contributed by atoms with Gasteiger partial charge >= 0.3 is 0 Å². The van der Waals surface area contributed by atoms with E-state index in [1.807, 2.05) is 0 Å². The summed E-state index contributed by atoms with van der Waals surface area (Å²) in [7, 11) is 4.35. The van der Waals surface area contributed by atoms with Crippen LogP contribution in [0.3, 0.4) is 0 Å². The van der Waals surface area contributed by atoms with E-state index in [2.05, 4.69) is 45.1 Å². The Hall–Kier alpha value is -0.0800. The van der Waals surface area contributed by atoms with Crippen LogP contribution in [0.5, 0.6) is 0 Å². The fourth-order valence-electron chi connectivity index (χ4n) is 2.40. The lowest BCUT2D eigenvalue weighted by Crippen LogP contribution is -2.40. The van der Waals surface area contributed by atoms with Crippen molar-refractivity contribution >= 4 is 0 Å². The predicted molar refractivity (Wildman–Crippen MR) is 78.6 cm³/mol. The largest absolute Gasteiger partial charge is 0.313 e. The molecule has 0 radical (unpaired) electrons. The van der Waals surface area contributed by atoms with Gasteiger partial charge in [0.15, 0.2) is 0 Å². The molecule has 2 atom stereocenters. The molecule has 0 saturated heterocycles. The van der Waals surface area contributed by atoms with Crippen LogP contribution in [0.2, 0.25) is 0 Å². The zero-order chi connectivity index (χ0) is 13.1. The Morgan fingerprint density at radius 1 is 1.06 bits per heavy atom. The van der Waals surface area contributed by atoms with Crippen molar-refractivity contribution in [1.82, 2.24) is 10.2 Å². The van der Waals surface area contributed by atoms with Crippen molar-refractivity contribution in [2.75, 3.05) is 27.2 Å². The second-order valence-corrected chi connectivity index (χ2v) is 5.57. The molecule has 0 aromatic heterocycles. The lowest BCUT2D eigenvalue weighted by molar-refractivity contribution is 0.282. The van der Waals surface area contributed by atoms with E-state index in [9.17, 15) is 0 Å². The minimum absolute atomic E-state index is 0.673. The number of hydrogen-bond acceptors (Lipinski definition) is 2. The molecular formula is C15H34N2. The van der Waals surface area contributed by atoms with Crippen molar-refractivity contribution in [2.24, 2.45) is 5.92 Å². The summed E-state index contributed by atoms with van der Waals surface area (Å²) in [5.41, 5.74) is 0. The van der Waals surface area contributed by atoms with Gasteiger partial charge in [-0.25, -0.2) is 0 Å². The summed E-state index contributed by atoms with van der Waals surface area (Å²) >= 11 is 0. The number of nitrogens with one attached hydrogen (secondary N) is 1. The number of nitrogens with zero attached hydrogens (tertiary/aromatic N) is 1. The first kappa shape index (κ1) is 16.9. The van der Waals surface area contributed by atoms with Crippen LogP contribution in [0.1, 0.15) is 59.3 Å². The van der Waals surface area contributed by atoms with Crippen LogP contribution in [0, 0.1) is 5.92 Å². The van der Waals surface area contributed by atoms with Crippen LogP contribution < -0.4 is 5.32 Å². The Morgan fingerprint density at radius 3 is 2.24 bits per heavy atom. The van der Waals surface area contributed by atoms with Gasteiger partial charge in [-0.3, -0.25) is 0 Å². The molecule has 0 aromatic rings. The van der Waals surface area contributed by atoms with Gasteiger partial charge in [-0.1, -0.05) is 46.5 Å². The molecule has 0 rings (SSSR count). The Balaban J connectivity index is 4.06. The molecule has 0 heterocycles. The maximum atomic E-state index is 3.70. The van der Waals surface area contributed by atoms with E-state index >= 15 is 0 Å². The molecule has 0 aliphatic rings. The van der Waals surface area contributed by atoms with Crippen molar-refractivity contribution in [3.63, 3.8) is 0 Å². The summed E-state index contributed by atoms with van der Waals surface area (Å²) in [6, 6.07) is 0.673. The van der Waals surface area contributed by atoms with Crippen LogP contribution in [-0.2, 0) is 0 Å². The average Bonchev–Trinajstić information content (AvgIpc) is 2.30. The Bertz CT molecular complexity index is 157. The maximum Gasteiger partial charge on any atom is 0.0197 e. The van der Waals surface area contributed by atoms with E-state index in [0.29, 0.717) is 6.04 Å². The third-order valence-corrected chi connectivity index (χ3v) is 3.43. The van der Waals surface area contributed by atoms with Gasteiger partial charge in [-0.05, 0) is 39.4 Å². The Morgan fingerprint density at radius 2 is 1.76 bits per heavy atom. The number of hydrogen-bond donors (Lipinski definition) is 1. The van der Waals surface area contributed by atoms with Gasteiger partial charge in [0.05, 0.1) is 0 Å². The quantitative estimate of drug-likeness (QED) is 0.596. The van der Waals surface area contributed by atoms with E-state index in [1.54, 1.807) is 0 Å². The van der Waals surface area contributed by atoms with E-state index < -0.39 is 0 Å². The zero-order valence-electron chi connectivity index (χ0n) is 12.8. The third-order valence-electron chi connectivity index (χ3n) is 3.43. The molecule has 0 aliphatic carbocycles. The SMILES string of the molecule is CCCCC(CC)CC(CN(C)C)NCCC. The minimum atomic E-state index is 0.673. The highest BCUT2D eigenvalue weighted by Gasteiger charge is 2.15. The first-order chi connectivity index (χ1) is 8.13. The van der Waals surface area contributed by atoms with Crippen molar-refractivity contribution in [3.05, 3.63) is 0 Å². The highest BCUT2D eigenvalue weighted by Crippen LogP contribution is 2.18. The molecule has 17 heavy (non-hydrogen) atoms. The second kappa shape index (κ2) is 11.0. The summed E-state index contributed by atoms with van der Waals surface area (Å²) in [5, 5.41) is 3.70. The van der Waals surface area contributed by atoms with Crippen LogP contribution in [0.15, 0.2) is 0 Å². The predicted octanol–water partition coefficient (Wildman–Crippen LogP) is 3.52. The zero-order valence-corrected chi connectivity index (χ0v) is 12.8. The lowest BCUT2D eigenvalue weighted by atomic mass is 9.92. The highest BCUT2D eigenvalue weighted by molar-refractivity contribution is 4.73. The summed E-state index contributed by atoms with van der Waals surface area (Å²) < 4.78 is 0. The molecule has 0 saturated carbocycles. The fraction of sp³-hybridized carbons (Fsp3) is 1.00. The molecule has 0 aromatic carbocycles. The van der Waals surface area contributed by atoms with Crippen LogP contribution >= 0.6 is 0 Å². The van der Waals surface area contributed by atoms with Crippen molar-refractivity contribution in [2.45, 2.75) is 65.3 Å². The van der Waals surface area contributed by atoms with E-state index in [1.165, 1.54) is 45.1 Å². The summed E-state index contributed by atoms with van der Waals surface area (Å²) in [6.45, 7) is 9.20. The standard InChI is InChI=1S/C15H34N2/c1-6-9-10-14(8-3)12-15(13-17(4)5)16-11-7-2/h14-16H,6-13H2,1-5H3. The number of unbranched alkanes of at least 4 members (excludes halogenated alkanes) is 1. The number of likely N-dealkylation sites (N-methyl/N-ethyl adjacent to an activating group) is 1. The van der Waals surface area contributed by atoms with Gasteiger partial charge in [0.25, 0.3) is 0 Å². The molecule has 2 heteroatoms. The topological polar surface area (TPSA) is 15.3 Å². The molecule has 0 aliphatic heterocycles. The van der Waals surface area contributed by atoms with Crippen molar-refractivity contribution in [1.29, 1.82) is 0 Å². The number of rotatable bonds is 11.